The summed E-state index contributed by atoms with van der Waals surface area (Å²) >= 11 is 5.98. The van der Waals surface area contributed by atoms with Gasteiger partial charge in [-0.15, -0.1) is 0 Å². The number of hydrogen-bond donors (Lipinski definition) is 0. The van der Waals surface area contributed by atoms with Crippen molar-refractivity contribution < 1.29 is 4.74 Å². The highest BCUT2D eigenvalue weighted by Crippen LogP contribution is 2.18. The standard InChI is InChI=1S/C14H13ClN4O/c15-13-12-9-18-19(14(12)17-10-16-13)7-4-8-20-11-5-2-1-3-6-11/h1-3,5-6,9-10H,4,7-8H2. The molecule has 3 aromatic rings. The minimum atomic E-state index is 0.432. The Morgan fingerprint density at radius 2 is 2.00 bits per heavy atom. The number of para-hydroxylation sites is 1. The molecule has 20 heavy (non-hydrogen) atoms. The second-order valence-corrected chi connectivity index (χ2v) is 4.64. The SMILES string of the molecule is Clc1ncnc2c1cnn2CCCOc1ccccc1. The third kappa shape index (κ3) is 2.72. The minimum Gasteiger partial charge on any atom is -0.494 e. The quantitative estimate of drug-likeness (QED) is 0.535. The van der Waals surface area contributed by atoms with E-state index >= 15 is 0 Å². The Kier molecular flexibility index (Phi) is 3.78. The van der Waals surface area contributed by atoms with Crippen LogP contribution in [-0.4, -0.2) is 26.4 Å². The molecule has 3 rings (SSSR count). The average Bonchev–Trinajstić information content (AvgIpc) is 2.90. The number of ether oxygens (including phenoxy) is 1. The molecule has 0 bridgehead atoms. The van der Waals surface area contributed by atoms with E-state index in [-0.39, 0.29) is 0 Å². The van der Waals surface area contributed by atoms with Crippen LogP contribution < -0.4 is 4.74 Å². The molecule has 0 aliphatic rings. The van der Waals surface area contributed by atoms with Crippen LogP contribution in [0, 0.1) is 0 Å². The maximum absolute atomic E-state index is 5.98. The van der Waals surface area contributed by atoms with E-state index in [0.29, 0.717) is 11.8 Å². The first-order chi connectivity index (χ1) is 9.84. The van der Waals surface area contributed by atoms with Crippen LogP contribution >= 0.6 is 11.6 Å². The van der Waals surface area contributed by atoms with Gasteiger partial charge < -0.3 is 4.74 Å². The lowest BCUT2D eigenvalue weighted by atomic mass is 10.3. The van der Waals surface area contributed by atoms with Gasteiger partial charge >= 0.3 is 0 Å². The van der Waals surface area contributed by atoms with Gasteiger partial charge in [0.15, 0.2) is 5.65 Å². The van der Waals surface area contributed by atoms with Crippen molar-refractivity contribution in [3.05, 3.63) is 48.0 Å². The van der Waals surface area contributed by atoms with E-state index in [4.69, 9.17) is 16.3 Å². The molecule has 1 aromatic carbocycles. The molecule has 0 aliphatic heterocycles. The number of halogens is 1. The second kappa shape index (κ2) is 5.88. The van der Waals surface area contributed by atoms with Crippen molar-refractivity contribution in [2.24, 2.45) is 0 Å². The molecule has 0 unspecified atom stereocenters. The molecular weight excluding hydrogens is 276 g/mol. The first-order valence-electron chi connectivity index (χ1n) is 6.34. The zero-order valence-corrected chi connectivity index (χ0v) is 11.5. The van der Waals surface area contributed by atoms with Crippen molar-refractivity contribution in [1.82, 2.24) is 19.7 Å². The fourth-order valence-corrected chi connectivity index (χ4v) is 2.13. The van der Waals surface area contributed by atoms with E-state index in [1.165, 1.54) is 6.33 Å². The number of rotatable bonds is 5. The summed E-state index contributed by atoms with van der Waals surface area (Å²) in [4.78, 5) is 8.14. The Bertz CT molecular complexity index is 699. The molecular formula is C14H13ClN4O. The van der Waals surface area contributed by atoms with Gasteiger partial charge in [-0.05, 0) is 12.1 Å². The highest BCUT2D eigenvalue weighted by Gasteiger charge is 2.07. The maximum atomic E-state index is 5.98. The minimum absolute atomic E-state index is 0.432. The van der Waals surface area contributed by atoms with Gasteiger partial charge in [-0.3, -0.25) is 0 Å². The summed E-state index contributed by atoms with van der Waals surface area (Å²) in [6, 6.07) is 9.75. The van der Waals surface area contributed by atoms with Gasteiger partial charge in [0.25, 0.3) is 0 Å². The highest BCUT2D eigenvalue weighted by molar-refractivity contribution is 6.33. The molecule has 2 heterocycles. The second-order valence-electron chi connectivity index (χ2n) is 4.28. The Hall–Kier alpha value is -2.14. The number of nitrogens with zero attached hydrogens (tertiary/aromatic N) is 4. The maximum Gasteiger partial charge on any atom is 0.162 e. The Morgan fingerprint density at radius 1 is 1.15 bits per heavy atom. The predicted molar refractivity (Wildman–Crippen MR) is 76.9 cm³/mol. The van der Waals surface area contributed by atoms with Crippen molar-refractivity contribution in [1.29, 1.82) is 0 Å². The molecule has 6 heteroatoms. The van der Waals surface area contributed by atoms with E-state index in [1.54, 1.807) is 6.20 Å². The first kappa shape index (κ1) is 12.9. The van der Waals surface area contributed by atoms with Gasteiger partial charge in [0.2, 0.25) is 0 Å². The zero-order valence-electron chi connectivity index (χ0n) is 10.7. The molecule has 0 radical (unpaired) electrons. The van der Waals surface area contributed by atoms with Gasteiger partial charge in [-0.1, -0.05) is 29.8 Å². The van der Waals surface area contributed by atoms with Crippen molar-refractivity contribution in [2.75, 3.05) is 6.61 Å². The van der Waals surface area contributed by atoms with Crippen LogP contribution in [0.15, 0.2) is 42.9 Å². The van der Waals surface area contributed by atoms with Crippen molar-refractivity contribution >= 4 is 22.6 Å². The third-order valence-corrected chi connectivity index (χ3v) is 3.21. The Morgan fingerprint density at radius 3 is 2.85 bits per heavy atom. The molecule has 0 aliphatic carbocycles. The molecule has 0 N–H and O–H groups in total. The average molecular weight is 289 g/mol. The fourth-order valence-electron chi connectivity index (χ4n) is 1.95. The van der Waals surface area contributed by atoms with Crippen LogP contribution in [0.2, 0.25) is 5.15 Å². The summed E-state index contributed by atoms with van der Waals surface area (Å²) < 4.78 is 7.46. The molecule has 0 fully saturated rings. The van der Waals surface area contributed by atoms with E-state index in [2.05, 4.69) is 15.1 Å². The van der Waals surface area contributed by atoms with E-state index in [0.717, 1.165) is 29.7 Å². The summed E-state index contributed by atoms with van der Waals surface area (Å²) in [5, 5.41) is 5.48. The van der Waals surface area contributed by atoms with Gasteiger partial charge in [-0.25, -0.2) is 14.6 Å². The number of aryl methyl sites for hydroxylation is 1. The third-order valence-electron chi connectivity index (χ3n) is 2.91. The first-order valence-corrected chi connectivity index (χ1v) is 6.72. The lowest BCUT2D eigenvalue weighted by Crippen LogP contribution is -2.06. The Labute approximate surface area is 121 Å². The zero-order chi connectivity index (χ0) is 13.8. The van der Waals surface area contributed by atoms with E-state index < -0.39 is 0 Å². The van der Waals surface area contributed by atoms with Crippen LogP contribution in [0.5, 0.6) is 5.75 Å². The molecule has 0 spiro atoms. The predicted octanol–water partition coefficient (Wildman–Crippen LogP) is 2.95. The smallest absolute Gasteiger partial charge is 0.162 e. The summed E-state index contributed by atoms with van der Waals surface area (Å²) in [6.45, 7) is 1.36. The number of hydrogen-bond acceptors (Lipinski definition) is 4. The van der Waals surface area contributed by atoms with Crippen molar-refractivity contribution in [3.8, 4) is 5.75 Å². The van der Waals surface area contributed by atoms with Gasteiger partial charge in [-0.2, -0.15) is 5.10 Å². The van der Waals surface area contributed by atoms with Crippen LogP contribution in [0.3, 0.4) is 0 Å². The highest BCUT2D eigenvalue weighted by atomic mass is 35.5. The lowest BCUT2D eigenvalue weighted by molar-refractivity contribution is 0.299. The van der Waals surface area contributed by atoms with E-state index in [1.807, 2.05) is 35.0 Å². The molecule has 0 atom stereocenters. The number of benzene rings is 1. The molecule has 0 saturated carbocycles. The number of fused-ring (bicyclic) bond motifs is 1. The lowest BCUT2D eigenvalue weighted by Gasteiger charge is -2.06. The Balaban J connectivity index is 1.59. The number of aromatic nitrogens is 4. The topological polar surface area (TPSA) is 52.8 Å². The van der Waals surface area contributed by atoms with Gasteiger partial charge in [0.1, 0.15) is 17.2 Å². The van der Waals surface area contributed by atoms with Crippen LogP contribution in [0.4, 0.5) is 0 Å². The summed E-state index contributed by atoms with van der Waals surface area (Å²) in [6.07, 6.45) is 3.98. The fraction of sp³-hybridized carbons (Fsp3) is 0.214. The molecule has 0 amide bonds. The molecule has 5 nitrogen and oxygen atoms in total. The monoisotopic (exact) mass is 288 g/mol. The summed E-state index contributed by atoms with van der Waals surface area (Å²) in [5.74, 6) is 0.878. The largest absolute Gasteiger partial charge is 0.494 e. The van der Waals surface area contributed by atoms with Crippen molar-refractivity contribution in [3.63, 3.8) is 0 Å². The van der Waals surface area contributed by atoms with Gasteiger partial charge in [0, 0.05) is 13.0 Å². The van der Waals surface area contributed by atoms with Gasteiger partial charge in [0.05, 0.1) is 18.2 Å². The van der Waals surface area contributed by atoms with Crippen LogP contribution in [-0.2, 0) is 6.54 Å². The van der Waals surface area contributed by atoms with Crippen molar-refractivity contribution in [2.45, 2.75) is 13.0 Å². The van der Waals surface area contributed by atoms with Crippen LogP contribution in [0.25, 0.3) is 11.0 Å². The molecule has 0 saturated heterocycles. The normalized spacial score (nSPS) is 10.8. The molecule has 102 valence electrons. The summed E-state index contributed by atoms with van der Waals surface area (Å²) in [5.41, 5.74) is 0.754. The summed E-state index contributed by atoms with van der Waals surface area (Å²) in [7, 11) is 0. The van der Waals surface area contributed by atoms with E-state index in [9.17, 15) is 0 Å². The molecule has 2 aromatic heterocycles. The van der Waals surface area contributed by atoms with Crippen LogP contribution in [0.1, 0.15) is 6.42 Å².